The number of carboxylic acids is 1. The summed E-state index contributed by atoms with van der Waals surface area (Å²) in [6.45, 7) is 1.47. The SMILES string of the molecule is CCS(=O)(=O)Nc1ccc(C(=O)O)c(-c2ccc(C(F)F)cc2)c1. The molecule has 128 valence electrons. The highest BCUT2D eigenvalue weighted by Gasteiger charge is 2.15. The minimum absolute atomic E-state index is 0.0563. The van der Waals surface area contributed by atoms with Gasteiger partial charge in [-0.15, -0.1) is 0 Å². The van der Waals surface area contributed by atoms with Crippen LogP contribution in [0.1, 0.15) is 29.3 Å². The van der Waals surface area contributed by atoms with Crippen LogP contribution in [0.15, 0.2) is 42.5 Å². The number of anilines is 1. The average molecular weight is 355 g/mol. The molecule has 0 saturated heterocycles. The normalized spacial score (nSPS) is 11.5. The fourth-order valence-corrected chi connectivity index (χ4v) is 2.72. The Labute approximate surface area is 138 Å². The van der Waals surface area contributed by atoms with E-state index in [0.717, 1.165) is 0 Å². The molecule has 0 spiro atoms. The molecule has 0 radical (unpaired) electrons. The molecular formula is C16H15F2NO4S. The largest absolute Gasteiger partial charge is 0.478 e. The smallest absolute Gasteiger partial charge is 0.336 e. The predicted molar refractivity (Wildman–Crippen MR) is 86.9 cm³/mol. The zero-order valence-electron chi connectivity index (χ0n) is 12.7. The third-order valence-corrected chi connectivity index (χ3v) is 4.68. The molecular weight excluding hydrogens is 340 g/mol. The number of sulfonamides is 1. The van der Waals surface area contributed by atoms with Crippen molar-refractivity contribution in [1.29, 1.82) is 0 Å². The summed E-state index contributed by atoms with van der Waals surface area (Å²) < 4.78 is 50.9. The minimum Gasteiger partial charge on any atom is -0.478 e. The van der Waals surface area contributed by atoms with Gasteiger partial charge >= 0.3 is 5.97 Å². The first kappa shape index (κ1) is 17.9. The van der Waals surface area contributed by atoms with Gasteiger partial charge in [0.05, 0.1) is 11.3 Å². The molecule has 0 unspecified atom stereocenters. The van der Waals surface area contributed by atoms with E-state index in [-0.39, 0.29) is 28.1 Å². The Morgan fingerprint density at radius 2 is 1.79 bits per heavy atom. The number of carbonyl (C=O) groups is 1. The monoisotopic (exact) mass is 355 g/mol. The number of benzene rings is 2. The summed E-state index contributed by atoms with van der Waals surface area (Å²) in [4.78, 5) is 11.4. The van der Waals surface area contributed by atoms with Gasteiger partial charge in [-0.25, -0.2) is 22.0 Å². The Bertz CT molecular complexity index is 849. The zero-order valence-corrected chi connectivity index (χ0v) is 13.5. The summed E-state index contributed by atoms with van der Waals surface area (Å²) in [5.41, 5.74) is 0.599. The molecule has 2 aromatic rings. The Kier molecular flexibility index (Phi) is 5.18. The van der Waals surface area contributed by atoms with Crippen LogP contribution in [0, 0.1) is 0 Å². The Morgan fingerprint density at radius 1 is 1.17 bits per heavy atom. The van der Waals surface area contributed by atoms with Gasteiger partial charge in [-0.3, -0.25) is 4.72 Å². The standard InChI is InChI=1S/C16H15F2NO4S/c1-2-24(22,23)19-12-7-8-13(16(20)21)14(9-12)10-3-5-11(6-4-10)15(17)18/h3-9,15,19H,2H2,1H3,(H,20,21). The number of hydrogen-bond donors (Lipinski definition) is 2. The molecule has 0 amide bonds. The highest BCUT2D eigenvalue weighted by molar-refractivity contribution is 7.92. The van der Waals surface area contributed by atoms with Gasteiger partial charge in [0.15, 0.2) is 0 Å². The van der Waals surface area contributed by atoms with Crippen LogP contribution < -0.4 is 4.72 Å². The molecule has 0 saturated carbocycles. The summed E-state index contributed by atoms with van der Waals surface area (Å²) >= 11 is 0. The van der Waals surface area contributed by atoms with Gasteiger partial charge in [0.2, 0.25) is 10.0 Å². The molecule has 24 heavy (non-hydrogen) atoms. The quantitative estimate of drug-likeness (QED) is 0.827. The summed E-state index contributed by atoms with van der Waals surface area (Å²) in [7, 11) is -3.52. The molecule has 5 nitrogen and oxygen atoms in total. The average Bonchev–Trinajstić information content (AvgIpc) is 2.54. The van der Waals surface area contributed by atoms with Gasteiger partial charge in [-0.2, -0.15) is 0 Å². The van der Waals surface area contributed by atoms with Crippen LogP contribution in [0.3, 0.4) is 0 Å². The van der Waals surface area contributed by atoms with Crippen molar-refractivity contribution < 1.29 is 27.1 Å². The number of halogens is 2. The minimum atomic E-state index is -3.52. The van der Waals surface area contributed by atoms with Gasteiger partial charge in [0, 0.05) is 11.3 Å². The van der Waals surface area contributed by atoms with Crippen molar-refractivity contribution in [1.82, 2.24) is 0 Å². The van der Waals surface area contributed by atoms with Gasteiger partial charge in [0.25, 0.3) is 6.43 Å². The second-order valence-corrected chi connectivity index (χ2v) is 7.00. The number of carboxylic acid groups (broad SMARTS) is 1. The molecule has 0 aliphatic heterocycles. The van der Waals surface area contributed by atoms with E-state index in [1.54, 1.807) is 0 Å². The number of hydrogen-bond acceptors (Lipinski definition) is 3. The van der Waals surface area contributed by atoms with E-state index < -0.39 is 22.4 Å². The van der Waals surface area contributed by atoms with Crippen molar-refractivity contribution >= 4 is 21.7 Å². The molecule has 0 heterocycles. The zero-order chi connectivity index (χ0) is 17.9. The van der Waals surface area contributed by atoms with Crippen LogP contribution in [0.2, 0.25) is 0 Å². The van der Waals surface area contributed by atoms with Crippen molar-refractivity contribution in [3.05, 3.63) is 53.6 Å². The maximum absolute atomic E-state index is 12.6. The first-order valence-corrected chi connectivity index (χ1v) is 8.65. The molecule has 2 N–H and O–H groups in total. The van der Waals surface area contributed by atoms with E-state index in [1.807, 2.05) is 0 Å². The second kappa shape index (κ2) is 6.96. The molecule has 0 aliphatic rings. The molecule has 2 aromatic carbocycles. The van der Waals surface area contributed by atoms with E-state index in [0.29, 0.717) is 5.56 Å². The van der Waals surface area contributed by atoms with Crippen molar-refractivity contribution in [3.63, 3.8) is 0 Å². The highest BCUT2D eigenvalue weighted by Crippen LogP contribution is 2.29. The van der Waals surface area contributed by atoms with Gasteiger partial charge in [-0.1, -0.05) is 24.3 Å². The maximum atomic E-state index is 12.6. The van der Waals surface area contributed by atoms with E-state index in [2.05, 4.69) is 4.72 Å². The maximum Gasteiger partial charge on any atom is 0.336 e. The second-order valence-electron chi connectivity index (χ2n) is 4.99. The Hall–Kier alpha value is -2.48. The summed E-state index contributed by atoms with van der Waals surface area (Å²) in [6.07, 6.45) is -2.62. The molecule has 0 bridgehead atoms. The lowest BCUT2D eigenvalue weighted by atomic mass is 9.98. The van der Waals surface area contributed by atoms with Crippen LogP contribution in [0.5, 0.6) is 0 Å². The van der Waals surface area contributed by atoms with Crippen LogP contribution in [0.4, 0.5) is 14.5 Å². The number of aromatic carboxylic acids is 1. The fourth-order valence-electron chi connectivity index (χ4n) is 2.09. The van der Waals surface area contributed by atoms with Crippen molar-refractivity contribution in [2.45, 2.75) is 13.3 Å². The van der Waals surface area contributed by atoms with Crippen LogP contribution in [-0.2, 0) is 10.0 Å². The lowest BCUT2D eigenvalue weighted by molar-refractivity contribution is 0.0697. The first-order chi connectivity index (χ1) is 11.2. The fraction of sp³-hybridized carbons (Fsp3) is 0.188. The molecule has 0 aromatic heterocycles. The topological polar surface area (TPSA) is 83.5 Å². The summed E-state index contributed by atoms with van der Waals surface area (Å²) in [5.74, 6) is -1.33. The Morgan fingerprint density at radius 3 is 2.29 bits per heavy atom. The molecule has 2 rings (SSSR count). The van der Waals surface area contributed by atoms with E-state index >= 15 is 0 Å². The number of alkyl halides is 2. The third kappa shape index (κ3) is 4.08. The lowest BCUT2D eigenvalue weighted by Gasteiger charge is -2.12. The predicted octanol–water partition coefficient (Wildman–Crippen LogP) is 3.75. The molecule has 0 aliphatic carbocycles. The lowest BCUT2D eigenvalue weighted by Crippen LogP contribution is -2.15. The summed E-state index contributed by atoms with van der Waals surface area (Å²) in [5, 5.41) is 9.28. The molecule has 0 fully saturated rings. The number of rotatable bonds is 6. The van der Waals surface area contributed by atoms with Crippen LogP contribution >= 0.6 is 0 Å². The van der Waals surface area contributed by atoms with Crippen molar-refractivity contribution in [3.8, 4) is 11.1 Å². The van der Waals surface area contributed by atoms with Crippen LogP contribution in [0.25, 0.3) is 11.1 Å². The first-order valence-electron chi connectivity index (χ1n) is 7.00. The van der Waals surface area contributed by atoms with Gasteiger partial charge in [-0.05, 0) is 36.2 Å². The Balaban J connectivity index is 2.51. The third-order valence-electron chi connectivity index (χ3n) is 3.38. The van der Waals surface area contributed by atoms with Gasteiger partial charge in [0.1, 0.15) is 0 Å². The number of nitrogens with one attached hydrogen (secondary N) is 1. The molecule has 8 heteroatoms. The summed E-state index contributed by atoms with van der Waals surface area (Å²) in [6, 6.07) is 9.14. The van der Waals surface area contributed by atoms with Crippen molar-refractivity contribution in [2.24, 2.45) is 0 Å². The van der Waals surface area contributed by atoms with Crippen LogP contribution in [-0.4, -0.2) is 25.2 Å². The van der Waals surface area contributed by atoms with E-state index in [4.69, 9.17) is 0 Å². The van der Waals surface area contributed by atoms with Crippen molar-refractivity contribution in [2.75, 3.05) is 10.5 Å². The highest BCUT2D eigenvalue weighted by atomic mass is 32.2. The van der Waals surface area contributed by atoms with E-state index in [1.165, 1.54) is 49.4 Å². The molecule has 0 atom stereocenters. The van der Waals surface area contributed by atoms with E-state index in [9.17, 15) is 27.1 Å². The van der Waals surface area contributed by atoms with Gasteiger partial charge < -0.3 is 5.11 Å².